The number of aryl methyl sites for hydroxylation is 1. The van der Waals surface area contributed by atoms with Crippen LogP contribution in [0.5, 0.6) is 0 Å². The third kappa shape index (κ3) is 4.16. The predicted octanol–water partition coefficient (Wildman–Crippen LogP) is 2.24. The number of fused-ring (bicyclic) bond motifs is 1. The minimum atomic E-state index is -0.210. The Morgan fingerprint density at radius 2 is 1.79 bits per heavy atom. The van der Waals surface area contributed by atoms with Crippen LogP contribution in [0.2, 0.25) is 5.02 Å². The lowest BCUT2D eigenvalue weighted by molar-refractivity contribution is -0.139. The number of amides is 4. The van der Waals surface area contributed by atoms with Gasteiger partial charge in [-0.1, -0.05) is 11.6 Å². The second kappa shape index (κ2) is 8.68. The Hall–Kier alpha value is -3.11. The highest BCUT2D eigenvalue weighted by molar-refractivity contribution is 6.30. The number of urea groups is 1. The summed E-state index contributed by atoms with van der Waals surface area (Å²) in [6.07, 6.45) is 2.39. The van der Waals surface area contributed by atoms with Gasteiger partial charge in [-0.05, 0) is 37.6 Å². The van der Waals surface area contributed by atoms with Crippen LogP contribution in [0.15, 0.2) is 30.5 Å². The molecule has 2 fully saturated rings. The molecule has 2 saturated heterocycles. The minimum Gasteiger partial charge on any atom is -0.340 e. The van der Waals surface area contributed by atoms with Crippen LogP contribution in [0.4, 0.5) is 15.3 Å². The number of imidazole rings is 1. The van der Waals surface area contributed by atoms with Gasteiger partial charge >= 0.3 is 12.1 Å². The molecule has 1 aromatic carbocycles. The number of hydrazine groups is 1. The third-order valence-corrected chi connectivity index (χ3v) is 6.82. The predicted molar refractivity (Wildman–Crippen MR) is 122 cm³/mol. The fourth-order valence-electron chi connectivity index (χ4n) is 4.72. The summed E-state index contributed by atoms with van der Waals surface area (Å²) in [5.41, 5.74) is 1.56. The van der Waals surface area contributed by atoms with E-state index < -0.39 is 0 Å². The Morgan fingerprint density at radius 3 is 2.48 bits per heavy atom. The quantitative estimate of drug-likeness (QED) is 0.741. The van der Waals surface area contributed by atoms with Crippen molar-refractivity contribution in [3.05, 3.63) is 47.0 Å². The lowest BCUT2D eigenvalue weighted by Crippen LogP contribution is -2.56. The molecular weight excluding hydrogens is 446 g/mol. The van der Waals surface area contributed by atoms with Gasteiger partial charge in [0.25, 0.3) is 0 Å². The lowest BCUT2D eigenvalue weighted by atomic mass is 10.1. The summed E-state index contributed by atoms with van der Waals surface area (Å²) < 4.78 is 1.64. The standard InChI is InChI=1S/C22H26ClN7O3/c1-15-24-12-19-14-29(22(33)30(15)19)28-10-8-26(9-11-28)20(31)16-6-7-27(13-16)21(32)25-18-4-2-17(23)3-5-18/h2-5,12,16H,6-11,13-14H2,1H3,(H,25,32). The fraction of sp³-hybridized carbons (Fsp3) is 0.455. The van der Waals surface area contributed by atoms with Crippen LogP contribution in [0.3, 0.4) is 0 Å². The van der Waals surface area contributed by atoms with Crippen LogP contribution >= 0.6 is 11.6 Å². The number of hydrogen-bond acceptors (Lipinski definition) is 5. The molecule has 4 heterocycles. The number of likely N-dealkylation sites (tertiary alicyclic amines) is 1. The summed E-state index contributed by atoms with van der Waals surface area (Å²) in [5.74, 6) is 0.572. The average molecular weight is 472 g/mol. The molecule has 1 unspecified atom stereocenters. The molecule has 0 radical (unpaired) electrons. The summed E-state index contributed by atoms with van der Waals surface area (Å²) in [6, 6.07) is 6.64. The highest BCUT2D eigenvalue weighted by Crippen LogP contribution is 2.24. The van der Waals surface area contributed by atoms with Crippen molar-refractivity contribution in [2.45, 2.75) is 19.9 Å². The van der Waals surface area contributed by atoms with Gasteiger partial charge in [-0.2, -0.15) is 0 Å². The number of hydrogen-bond donors (Lipinski definition) is 1. The molecule has 33 heavy (non-hydrogen) atoms. The second-order valence-corrected chi connectivity index (χ2v) is 9.06. The van der Waals surface area contributed by atoms with Crippen molar-refractivity contribution in [1.29, 1.82) is 0 Å². The van der Waals surface area contributed by atoms with E-state index in [9.17, 15) is 14.4 Å². The number of halogens is 1. The van der Waals surface area contributed by atoms with E-state index in [1.165, 1.54) is 0 Å². The number of carbonyl (C=O) groups is 3. The molecule has 174 valence electrons. The summed E-state index contributed by atoms with van der Waals surface area (Å²) >= 11 is 5.89. The molecule has 0 saturated carbocycles. The summed E-state index contributed by atoms with van der Waals surface area (Å²) in [5, 5.41) is 7.21. The highest BCUT2D eigenvalue weighted by atomic mass is 35.5. The third-order valence-electron chi connectivity index (χ3n) is 6.56. The molecule has 3 aliphatic heterocycles. The Labute approximate surface area is 196 Å². The van der Waals surface area contributed by atoms with Crippen molar-refractivity contribution < 1.29 is 14.4 Å². The molecular formula is C22H26ClN7O3. The molecule has 1 atom stereocenters. The molecule has 5 rings (SSSR count). The summed E-state index contributed by atoms with van der Waals surface area (Å²) in [4.78, 5) is 46.1. The van der Waals surface area contributed by atoms with Crippen LogP contribution in [-0.2, 0) is 11.3 Å². The van der Waals surface area contributed by atoms with Crippen LogP contribution in [-0.4, -0.2) is 86.6 Å². The number of aromatic nitrogens is 2. The van der Waals surface area contributed by atoms with Crippen molar-refractivity contribution in [1.82, 2.24) is 29.4 Å². The first-order valence-electron chi connectivity index (χ1n) is 11.1. The van der Waals surface area contributed by atoms with Gasteiger partial charge in [0.2, 0.25) is 5.91 Å². The molecule has 10 nitrogen and oxygen atoms in total. The zero-order valence-corrected chi connectivity index (χ0v) is 19.2. The van der Waals surface area contributed by atoms with Crippen molar-refractivity contribution in [2.24, 2.45) is 5.92 Å². The lowest BCUT2D eigenvalue weighted by Gasteiger charge is -2.39. The zero-order valence-electron chi connectivity index (χ0n) is 18.4. The molecule has 1 aromatic heterocycles. The van der Waals surface area contributed by atoms with E-state index in [0.29, 0.717) is 68.8 Å². The summed E-state index contributed by atoms with van der Waals surface area (Å²) in [7, 11) is 0. The highest BCUT2D eigenvalue weighted by Gasteiger charge is 2.38. The van der Waals surface area contributed by atoms with E-state index in [-0.39, 0.29) is 23.9 Å². The number of carbonyl (C=O) groups excluding carboxylic acids is 3. The first kappa shape index (κ1) is 21.7. The first-order valence-corrected chi connectivity index (χ1v) is 11.5. The second-order valence-electron chi connectivity index (χ2n) is 8.62. The van der Waals surface area contributed by atoms with E-state index in [0.717, 1.165) is 5.69 Å². The van der Waals surface area contributed by atoms with Crippen LogP contribution in [0, 0.1) is 12.8 Å². The normalized spacial score (nSPS) is 21.0. The van der Waals surface area contributed by atoms with Crippen molar-refractivity contribution in [2.75, 3.05) is 44.6 Å². The molecule has 0 aliphatic carbocycles. The Balaban J connectivity index is 1.11. The molecule has 11 heteroatoms. The number of nitrogens with zero attached hydrogens (tertiary/aromatic N) is 6. The van der Waals surface area contributed by atoms with Gasteiger partial charge < -0.3 is 15.1 Å². The topological polar surface area (TPSA) is 94.0 Å². The Kier molecular flexibility index (Phi) is 5.71. The van der Waals surface area contributed by atoms with Gasteiger partial charge in [-0.25, -0.2) is 24.1 Å². The molecule has 0 bridgehead atoms. The van der Waals surface area contributed by atoms with Gasteiger partial charge in [0.15, 0.2) is 0 Å². The average Bonchev–Trinajstić information content (AvgIpc) is 3.53. The van der Waals surface area contributed by atoms with Crippen molar-refractivity contribution >= 4 is 35.3 Å². The minimum absolute atomic E-state index is 0.0792. The number of rotatable bonds is 3. The van der Waals surface area contributed by atoms with E-state index in [4.69, 9.17) is 11.6 Å². The number of piperazine rings is 1. The molecule has 1 N–H and O–H groups in total. The first-order chi connectivity index (χ1) is 15.9. The number of anilines is 1. The van der Waals surface area contributed by atoms with Crippen molar-refractivity contribution in [3.63, 3.8) is 0 Å². The van der Waals surface area contributed by atoms with E-state index in [2.05, 4.69) is 10.3 Å². The van der Waals surface area contributed by atoms with Gasteiger partial charge in [0.05, 0.1) is 24.4 Å². The van der Waals surface area contributed by atoms with Gasteiger partial charge in [0, 0.05) is 50.0 Å². The molecule has 4 amide bonds. The van der Waals surface area contributed by atoms with Gasteiger partial charge in [0.1, 0.15) is 5.82 Å². The van der Waals surface area contributed by atoms with Gasteiger partial charge in [-0.15, -0.1) is 0 Å². The Morgan fingerprint density at radius 1 is 1.06 bits per heavy atom. The van der Waals surface area contributed by atoms with Gasteiger partial charge in [-0.3, -0.25) is 9.80 Å². The van der Waals surface area contributed by atoms with Crippen LogP contribution in [0.1, 0.15) is 17.9 Å². The van der Waals surface area contributed by atoms with Crippen molar-refractivity contribution in [3.8, 4) is 0 Å². The van der Waals surface area contributed by atoms with E-state index >= 15 is 0 Å². The number of benzene rings is 1. The summed E-state index contributed by atoms with van der Waals surface area (Å²) in [6.45, 7) is 5.60. The van der Waals surface area contributed by atoms with E-state index in [1.54, 1.807) is 44.9 Å². The molecule has 0 spiro atoms. The maximum atomic E-state index is 13.1. The maximum Gasteiger partial charge on any atom is 0.344 e. The fourth-order valence-corrected chi connectivity index (χ4v) is 4.85. The van der Waals surface area contributed by atoms with Crippen LogP contribution < -0.4 is 5.32 Å². The molecule has 2 aromatic rings. The molecule has 3 aliphatic rings. The Bertz CT molecular complexity index is 1080. The van der Waals surface area contributed by atoms with Crippen LogP contribution in [0.25, 0.3) is 0 Å². The monoisotopic (exact) mass is 471 g/mol. The SMILES string of the molecule is Cc1ncc2n1C(=O)N(N1CCN(C(=O)C3CCN(C(=O)Nc4ccc(Cl)cc4)C3)CC1)C2. The number of nitrogens with one attached hydrogen (secondary N) is 1. The smallest absolute Gasteiger partial charge is 0.340 e. The zero-order chi connectivity index (χ0) is 23.1. The largest absolute Gasteiger partial charge is 0.344 e. The maximum absolute atomic E-state index is 13.1. The van der Waals surface area contributed by atoms with E-state index in [1.807, 2.05) is 16.8 Å².